The van der Waals surface area contributed by atoms with Crippen LogP contribution < -0.4 is 4.98 Å². The molecule has 0 saturated carbocycles. The first-order valence-corrected chi connectivity index (χ1v) is 9.69. The number of carbonyl (C=O) groups excluding carboxylic acids is 2. The van der Waals surface area contributed by atoms with Gasteiger partial charge in [0.1, 0.15) is 0 Å². The van der Waals surface area contributed by atoms with Gasteiger partial charge in [0.15, 0.2) is 11.4 Å². The normalized spacial score (nSPS) is 10.5. The average molecular weight is 413 g/mol. The van der Waals surface area contributed by atoms with E-state index >= 15 is 0 Å². The second-order valence-corrected chi connectivity index (χ2v) is 6.88. The molecular weight excluding hydrogens is 392 g/mol. The number of benzene rings is 3. The van der Waals surface area contributed by atoms with Gasteiger partial charge in [-0.05, 0) is 60.7 Å². The molecule has 4 rings (SSSR count). The van der Waals surface area contributed by atoms with Crippen LogP contribution in [0.1, 0.15) is 20.7 Å². The third-order valence-electron chi connectivity index (χ3n) is 5.00. The molecule has 3 aromatic carbocycles. The zero-order valence-electron chi connectivity index (χ0n) is 17.1. The summed E-state index contributed by atoms with van der Waals surface area (Å²) in [5, 5.41) is 0. The van der Waals surface area contributed by atoms with Gasteiger partial charge in [0.25, 0.3) is 5.82 Å². The molecule has 2 N–H and O–H groups in total. The maximum absolute atomic E-state index is 11.8. The molecule has 0 spiro atoms. The zero-order valence-corrected chi connectivity index (χ0v) is 17.1. The van der Waals surface area contributed by atoms with E-state index in [1.54, 1.807) is 24.3 Å². The molecule has 0 unspecified atom stereocenters. The van der Waals surface area contributed by atoms with Crippen molar-refractivity contribution in [3.05, 3.63) is 90.0 Å². The first kappa shape index (κ1) is 20.1. The number of aromatic amines is 2. The molecule has 0 saturated heterocycles. The minimum Gasteiger partial charge on any atom is -0.465 e. The average Bonchev–Trinajstić information content (AvgIpc) is 3.29. The highest BCUT2D eigenvalue weighted by Gasteiger charge is 2.22. The summed E-state index contributed by atoms with van der Waals surface area (Å²) in [4.78, 5) is 30.5. The Morgan fingerprint density at radius 2 is 1.19 bits per heavy atom. The number of carbonyl (C=O) groups is 2. The van der Waals surface area contributed by atoms with Gasteiger partial charge < -0.3 is 9.47 Å². The molecule has 6 heteroatoms. The van der Waals surface area contributed by atoms with Crippen molar-refractivity contribution in [2.75, 3.05) is 14.2 Å². The van der Waals surface area contributed by atoms with Crippen molar-refractivity contribution in [3.63, 3.8) is 0 Å². The summed E-state index contributed by atoms with van der Waals surface area (Å²) in [6.45, 7) is 0. The van der Waals surface area contributed by atoms with Crippen LogP contribution in [0.25, 0.3) is 33.9 Å². The van der Waals surface area contributed by atoms with E-state index in [0.29, 0.717) is 11.1 Å². The third kappa shape index (κ3) is 4.09. The summed E-state index contributed by atoms with van der Waals surface area (Å²) in [6, 6.07) is 24.3. The van der Waals surface area contributed by atoms with Crippen molar-refractivity contribution in [1.82, 2.24) is 4.98 Å². The minimum absolute atomic E-state index is 0.381. The number of methoxy groups -OCH3 is 2. The maximum atomic E-state index is 11.8. The van der Waals surface area contributed by atoms with E-state index in [9.17, 15) is 9.59 Å². The van der Waals surface area contributed by atoms with Crippen LogP contribution in [-0.2, 0) is 9.47 Å². The number of ether oxygens (including phenoxy) is 2. The van der Waals surface area contributed by atoms with Gasteiger partial charge in [-0.15, -0.1) is 0 Å². The predicted octanol–water partition coefficient (Wildman–Crippen LogP) is 4.40. The minimum atomic E-state index is -0.381. The van der Waals surface area contributed by atoms with Crippen molar-refractivity contribution in [2.45, 2.75) is 0 Å². The Bertz CT molecular complexity index is 1130. The number of rotatable bonds is 5. The fourth-order valence-electron chi connectivity index (χ4n) is 3.37. The highest BCUT2D eigenvalue weighted by atomic mass is 16.5. The SMILES string of the molecule is COC(=O)c1ccc(-c2[nH]c(-c3ccccc3)[nH+]c2-c2ccc(C(=O)OC)cc2)cc1. The van der Waals surface area contributed by atoms with Crippen molar-refractivity contribution in [1.29, 1.82) is 0 Å². The number of H-pyrrole nitrogens is 2. The van der Waals surface area contributed by atoms with Gasteiger partial charge in [0, 0.05) is 11.1 Å². The molecule has 154 valence electrons. The van der Waals surface area contributed by atoms with E-state index in [1.807, 2.05) is 54.6 Å². The molecule has 1 heterocycles. The number of hydrogen-bond donors (Lipinski definition) is 1. The third-order valence-corrected chi connectivity index (χ3v) is 5.00. The van der Waals surface area contributed by atoms with Gasteiger partial charge in [-0.2, -0.15) is 0 Å². The molecule has 0 radical (unpaired) electrons. The van der Waals surface area contributed by atoms with E-state index < -0.39 is 0 Å². The molecule has 0 aliphatic carbocycles. The van der Waals surface area contributed by atoms with Crippen molar-refractivity contribution < 1.29 is 24.0 Å². The van der Waals surface area contributed by atoms with Gasteiger partial charge in [0.05, 0.1) is 30.9 Å². The van der Waals surface area contributed by atoms with E-state index in [4.69, 9.17) is 9.47 Å². The van der Waals surface area contributed by atoms with Crippen LogP contribution in [-0.4, -0.2) is 31.1 Å². The largest absolute Gasteiger partial charge is 0.465 e. The van der Waals surface area contributed by atoms with Crippen LogP contribution in [0.3, 0.4) is 0 Å². The number of hydrogen-bond acceptors (Lipinski definition) is 4. The molecule has 6 nitrogen and oxygen atoms in total. The Balaban J connectivity index is 1.81. The molecule has 1 aromatic heterocycles. The van der Waals surface area contributed by atoms with Crippen LogP contribution in [0, 0.1) is 0 Å². The van der Waals surface area contributed by atoms with Gasteiger partial charge >= 0.3 is 11.9 Å². The van der Waals surface area contributed by atoms with Gasteiger partial charge in [-0.1, -0.05) is 18.2 Å². The second-order valence-electron chi connectivity index (χ2n) is 6.88. The predicted molar refractivity (Wildman–Crippen MR) is 116 cm³/mol. The summed E-state index contributed by atoms with van der Waals surface area (Å²) in [5.74, 6) is 0.0843. The topological polar surface area (TPSA) is 82.5 Å². The lowest BCUT2D eigenvalue weighted by molar-refractivity contribution is -0.349. The van der Waals surface area contributed by atoms with Gasteiger partial charge in [0.2, 0.25) is 0 Å². The van der Waals surface area contributed by atoms with Crippen molar-refractivity contribution in [2.24, 2.45) is 0 Å². The lowest BCUT2D eigenvalue weighted by Crippen LogP contribution is -2.06. The van der Waals surface area contributed by atoms with Gasteiger partial charge in [-0.25, -0.2) is 19.6 Å². The molecule has 0 fully saturated rings. The van der Waals surface area contributed by atoms with Crippen LogP contribution >= 0.6 is 0 Å². The van der Waals surface area contributed by atoms with Crippen LogP contribution in [0.4, 0.5) is 0 Å². The highest BCUT2D eigenvalue weighted by Crippen LogP contribution is 2.30. The first-order chi connectivity index (χ1) is 15.1. The number of esters is 2. The summed E-state index contributed by atoms with van der Waals surface area (Å²) in [6.07, 6.45) is 0. The van der Waals surface area contributed by atoms with E-state index in [2.05, 4.69) is 9.97 Å². The number of nitrogens with one attached hydrogen (secondary N) is 2. The Morgan fingerprint density at radius 3 is 1.71 bits per heavy atom. The Hall–Kier alpha value is -4.19. The number of imidazole rings is 1. The molecule has 0 atom stereocenters. The number of aromatic nitrogens is 2. The molecular formula is C25H21N2O4+. The molecule has 4 aromatic rings. The second kappa shape index (κ2) is 8.67. The molecule has 0 amide bonds. The summed E-state index contributed by atoms with van der Waals surface area (Å²) >= 11 is 0. The van der Waals surface area contributed by atoms with Crippen LogP contribution in [0.15, 0.2) is 78.9 Å². The maximum Gasteiger partial charge on any atom is 0.337 e. The van der Waals surface area contributed by atoms with Crippen molar-refractivity contribution in [3.8, 4) is 33.9 Å². The van der Waals surface area contributed by atoms with Gasteiger partial charge in [-0.3, -0.25) is 0 Å². The lowest BCUT2D eigenvalue weighted by atomic mass is 10.0. The summed E-state index contributed by atoms with van der Waals surface area (Å²) in [7, 11) is 2.72. The standard InChI is InChI=1S/C25H20N2O4/c1-30-24(28)19-12-8-16(9-13-19)21-22(17-10-14-20(15-11-17)25(29)31-2)27-23(26-21)18-6-4-3-5-7-18/h3-15H,1-2H3,(H,26,27)/p+1. The fourth-order valence-corrected chi connectivity index (χ4v) is 3.37. The molecule has 0 bridgehead atoms. The monoisotopic (exact) mass is 413 g/mol. The molecule has 0 aliphatic rings. The first-order valence-electron chi connectivity index (χ1n) is 9.69. The van der Waals surface area contributed by atoms with E-state index in [1.165, 1.54) is 14.2 Å². The van der Waals surface area contributed by atoms with E-state index in [-0.39, 0.29) is 11.9 Å². The summed E-state index contributed by atoms with van der Waals surface area (Å²) in [5.41, 5.74) is 5.49. The molecule has 31 heavy (non-hydrogen) atoms. The Kier molecular flexibility index (Phi) is 5.62. The van der Waals surface area contributed by atoms with Crippen LogP contribution in [0.5, 0.6) is 0 Å². The Morgan fingerprint density at radius 1 is 0.677 bits per heavy atom. The Labute approximate surface area is 179 Å². The zero-order chi connectivity index (χ0) is 21.8. The van der Waals surface area contributed by atoms with Crippen LogP contribution in [0.2, 0.25) is 0 Å². The highest BCUT2D eigenvalue weighted by molar-refractivity contribution is 5.91. The summed E-state index contributed by atoms with van der Waals surface area (Å²) < 4.78 is 9.57. The quantitative estimate of drug-likeness (QED) is 0.492. The molecule has 0 aliphatic heterocycles. The smallest absolute Gasteiger partial charge is 0.337 e. The lowest BCUT2D eigenvalue weighted by Gasteiger charge is -2.03. The fraction of sp³-hybridized carbons (Fsp3) is 0.0800. The van der Waals surface area contributed by atoms with E-state index in [0.717, 1.165) is 33.9 Å². The van der Waals surface area contributed by atoms with Crippen molar-refractivity contribution >= 4 is 11.9 Å².